The fraction of sp³-hybridized carbons (Fsp3) is 0.438. The van der Waals surface area contributed by atoms with Gasteiger partial charge in [-0.05, 0) is 23.3 Å². The second kappa shape index (κ2) is 7.47. The van der Waals surface area contributed by atoms with Crippen LogP contribution in [-0.2, 0) is 12.8 Å². The van der Waals surface area contributed by atoms with Crippen LogP contribution in [0, 0.1) is 0 Å². The molecule has 0 amide bonds. The van der Waals surface area contributed by atoms with Crippen molar-refractivity contribution in [2.24, 2.45) is 4.99 Å². The number of hydrogen-bond donors (Lipinski definition) is 1. The average Bonchev–Trinajstić information content (AvgIpc) is 2.47. The number of hydrogen-bond acceptors (Lipinski definition) is 3. The van der Waals surface area contributed by atoms with Crippen molar-refractivity contribution in [3.63, 3.8) is 0 Å². The summed E-state index contributed by atoms with van der Waals surface area (Å²) < 4.78 is 76.1. The van der Waals surface area contributed by atoms with Gasteiger partial charge >= 0.3 is 12.4 Å². The number of aliphatic imine (C=N–C) groups is 1. The maximum Gasteiger partial charge on any atom is 0.393 e. The van der Waals surface area contributed by atoms with Crippen LogP contribution in [0.4, 0.5) is 26.3 Å². The molecule has 0 spiro atoms. The Morgan fingerprint density at radius 1 is 1.08 bits per heavy atom. The smallest absolute Gasteiger partial charge is 0.294 e. The normalized spacial score (nSPS) is 15.5. The first kappa shape index (κ1) is 19.3. The molecule has 1 heterocycles. The summed E-state index contributed by atoms with van der Waals surface area (Å²) in [5.41, 5.74) is 3.07. The fourth-order valence-corrected chi connectivity index (χ4v) is 2.47. The van der Waals surface area contributed by atoms with Crippen LogP contribution in [0.5, 0.6) is 0 Å². The highest BCUT2D eigenvalue weighted by atomic mass is 19.4. The van der Waals surface area contributed by atoms with Gasteiger partial charge in [-0.2, -0.15) is 26.3 Å². The van der Waals surface area contributed by atoms with Crippen LogP contribution < -0.4 is 5.43 Å². The Hall–Kier alpha value is -2.03. The topological polar surface area (TPSA) is 27.6 Å². The summed E-state index contributed by atoms with van der Waals surface area (Å²) >= 11 is 0. The second-order valence-electron chi connectivity index (χ2n) is 5.56. The predicted octanol–water partition coefficient (Wildman–Crippen LogP) is 4.00. The zero-order valence-electron chi connectivity index (χ0n) is 13.4. The molecule has 25 heavy (non-hydrogen) atoms. The lowest BCUT2D eigenvalue weighted by molar-refractivity contribution is -0.128. The maximum absolute atomic E-state index is 12.8. The van der Waals surface area contributed by atoms with Gasteiger partial charge in [-0.1, -0.05) is 19.1 Å². The Morgan fingerprint density at radius 3 is 2.28 bits per heavy atom. The number of nitrogens with one attached hydrogen (secondary N) is 1. The van der Waals surface area contributed by atoms with Crippen LogP contribution in [-0.4, -0.2) is 36.3 Å². The Kier molecular flexibility index (Phi) is 5.76. The van der Waals surface area contributed by atoms with Crippen LogP contribution in [0.25, 0.3) is 0 Å². The van der Waals surface area contributed by atoms with Crippen molar-refractivity contribution in [1.29, 1.82) is 0 Å². The van der Waals surface area contributed by atoms with E-state index in [-0.39, 0.29) is 29.1 Å². The van der Waals surface area contributed by atoms with Crippen LogP contribution in [0.1, 0.15) is 23.6 Å². The molecule has 0 fully saturated rings. The van der Waals surface area contributed by atoms with Crippen molar-refractivity contribution in [3.8, 4) is 0 Å². The minimum atomic E-state index is -4.46. The van der Waals surface area contributed by atoms with Crippen molar-refractivity contribution >= 4 is 5.71 Å². The van der Waals surface area contributed by atoms with Crippen LogP contribution in [0.2, 0.25) is 0 Å². The van der Waals surface area contributed by atoms with Gasteiger partial charge < -0.3 is 0 Å². The maximum atomic E-state index is 12.8. The first-order valence-electron chi connectivity index (χ1n) is 7.56. The molecule has 0 radical (unpaired) electrons. The third-order valence-corrected chi connectivity index (χ3v) is 3.41. The predicted molar refractivity (Wildman–Crippen MR) is 82.0 cm³/mol. The van der Waals surface area contributed by atoms with Gasteiger partial charge in [0.1, 0.15) is 6.67 Å². The highest BCUT2D eigenvalue weighted by Gasteiger charge is 2.31. The number of halogens is 6. The summed E-state index contributed by atoms with van der Waals surface area (Å²) in [4.78, 5) is 4.17. The molecule has 0 aromatic heterocycles. The number of rotatable bonds is 5. The molecule has 1 aromatic carbocycles. The third-order valence-electron chi connectivity index (χ3n) is 3.41. The third kappa shape index (κ3) is 6.08. The van der Waals surface area contributed by atoms with Gasteiger partial charge in [-0.25, -0.2) is 5.43 Å². The lowest BCUT2D eigenvalue weighted by Gasteiger charge is -2.23. The van der Waals surface area contributed by atoms with Crippen molar-refractivity contribution in [2.75, 3.05) is 13.2 Å². The molecule has 3 nitrogen and oxygen atoms in total. The summed E-state index contributed by atoms with van der Waals surface area (Å²) in [6, 6.07) is 3.31. The molecule has 0 saturated carbocycles. The molecule has 0 aliphatic carbocycles. The quantitative estimate of drug-likeness (QED) is 0.799. The van der Waals surface area contributed by atoms with Crippen molar-refractivity contribution in [3.05, 3.63) is 47.2 Å². The molecule has 0 saturated heterocycles. The highest BCUT2D eigenvalue weighted by molar-refractivity contribution is 6.10. The van der Waals surface area contributed by atoms with Crippen molar-refractivity contribution in [2.45, 2.75) is 32.1 Å². The van der Waals surface area contributed by atoms with E-state index in [1.807, 2.05) is 6.92 Å². The molecule has 1 N–H and O–H groups in total. The van der Waals surface area contributed by atoms with Gasteiger partial charge in [0.15, 0.2) is 0 Å². The first-order chi connectivity index (χ1) is 11.6. The average molecular weight is 365 g/mol. The van der Waals surface area contributed by atoms with Gasteiger partial charge in [0, 0.05) is 18.3 Å². The lowest BCUT2D eigenvalue weighted by Crippen LogP contribution is -2.35. The van der Waals surface area contributed by atoms with Gasteiger partial charge in [-0.3, -0.25) is 10.0 Å². The van der Waals surface area contributed by atoms with E-state index in [9.17, 15) is 26.3 Å². The Balaban J connectivity index is 2.35. The molecule has 9 heteroatoms. The molecular formula is C16H17F6N3. The second-order valence-corrected chi connectivity index (χ2v) is 5.56. The Bertz CT molecular complexity index is 661. The van der Waals surface area contributed by atoms with E-state index in [2.05, 4.69) is 10.4 Å². The number of nitrogens with zero attached hydrogens (tertiary/aromatic N) is 2. The van der Waals surface area contributed by atoms with E-state index in [1.165, 1.54) is 6.08 Å². The summed E-state index contributed by atoms with van der Waals surface area (Å²) in [7, 11) is 0. The van der Waals surface area contributed by atoms with Crippen molar-refractivity contribution < 1.29 is 26.3 Å². The molecule has 0 unspecified atom stereocenters. The summed E-state index contributed by atoms with van der Waals surface area (Å²) in [6.45, 7) is 2.67. The number of allylic oxidation sites excluding steroid dienone is 1. The molecule has 1 aliphatic rings. The Morgan fingerprint density at radius 2 is 1.76 bits per heavy atom. The zero-order valence-corrected chi connectivity index (χ0v) is 13.4. The monoisotopic (exact) mass is 365 g/mol. The molecule has 1 aliphatic heterocycles. The lowest BCUT2D eigenvalue weighted by atomic mass is 9.96. The SMILES string of the molecule is CCNN1C=CC(c2cc(CC(F)(F)F)ccc2CC(F)(F)F)=NC1. The number of alkyl halides is 6. The van der Waals surface area contributed by atoms with E-state index in [4.69, 9.17) is 0 Å². The molecule has 138 valence electrons. The zero-order chi connectivity index (χ0) is 18.7. The summed E-state index contributed by atoms with van der Waals surface area (Å²) in [5, 5.41) is 1.63. The fourth-order valence-electron chi connectivity index (χ4n) is 2.47. The van der Waals surface area contributed by atoms with Gasteiger partial charge in [-0.15, -0.1) is 0 Å². The Labute approximate surface area is 141 Å². The van der Waals surface area contributed by atoms with E-state index < -0.39 is 25.2 Å². The standard InChI is InChI=1S/C16H17F6N3/c1-2-24-25-6-5-14(23-10-25)13-7-11(8-15(17,18)19)3-4-12(13)9-16(20,21)22/h3-7,24H,2,8-10H2,1H3. The van der Waals surface area contributed by atoms with E-state index in [1.54, 1.807) is 11.2 Å². The van der Waals surface area contributed by atoms with E-state index >= 15 is 0 Å². The minimum Gasteiger partial charge on any atom is -0.294 e. The van der Waals surface area contributed by atoms with Crippen molar-refractivity contribution in [1.82, 2.24) is 10.4 Å². The molecule has 2 rings (SSSR count). The van der Waals surface area contributed by atoms with E-state index in [0.29, 0.717) is 6.54 Å². The first-order valence-corrected chi connectivity index (χ1v) is 7.56. The summed E-state index contributed by atoms with van der Waals surface area (Å²) in [5.74, 6) is 0. The number of benzene rings is 1. The molecular weight excluding hydrogens is 348 g/mol. The van der Waals surface area contributed by atoms with Crippen LogP contribution in [0.3, 0.4) is 0 Å². The van der Waals surface area contributed by atoms with Crippen LogP contribution >= 0.6 is 0 Å². The van der Waals surface area contributed by atoms with Gasteiger partial charge in [0.25, 0.3) is 0 Å². The summed E-state index contributed by atoms with van der Waals surface area (Å²) in [6.07, 6.45) is -8.24. The largest absolute Gasteiger partial charge is 0.393 e. The van der Waals surface area contributed by atoms with Crippen LogP contribution in [0.15, 0.2) is 35.5 Å². The molecule has 0 atom stereocenters. The van der Waals surface area contributed by atoms with Gasteiger partial charge in [0.2, 0.25) is 0 Å². The molecule has 0 bridgehead atoms. The molecule has 1 aromatic rings. The number of hydrazine groups is 1. The van der Waals surface area contributed by atoms with Gasteiger partial charge in [0.05, 0.1) is 18.6 Å². The van der Waals surface area contributed by atoms with E-state index in [0.717, 1.165) is 18.2 Å². The minimum absolute atomic E-state index is 0.0754. The highest BCUT2D eigenvalue weighted by Crippen LogP contribution is 2.28.